The van der Waals surface area contributed by atoms with Crippen molar-refractivity contribution in [2.24, 2.45) is 5.84 Å². The Labute approximate surface area is 282 Å². The number of benzene rings is 6. The van der Waals surface area contributed by atoms with E-state index >= 15 is 0 Å². The van der Waals surface area contributed by atoms with Crippen molar-refractivity contribution in [2.75, 3.05) is 16.1 Å². The third kappa shape index (κ3) is 6.32. The van der Waals surface area contributed by atoms with Crippen molar-refractivity contribution in [3.63, 3.8) is 0 Å². The van der Waals surface area contributed by atoms with E-state index < -0.39 is 0 Å². The van der Waals surface area contributed by atoms with E-state index in [1.165, 1.54) is 0 Å². The Kier molecular flexibility index (Phi) is 8.77. The molecule has 2 unspecified atom stereocenters. The number of phenolic OH excluding ortho intramolecular Hbond substituents is 1. The molecule has 0 spiro atoms. The second kappa shape index (κ2) is 13.8. The number of phenols is 1. The van der Waals surface area contributed by atoms with E-state index in [0.717, 1.165) is 68.1 Å². The van der Waals surface area contributed by atoms with Gasteiger partial charge in [-0.25, -0.2) is 5.84 Å². The molecule has 6 aromatic rings. The average molecular weight is 627 g/mol. The lowest BCUT2D eigenvalue weighted by Crippen LogP contribution is -2.36. The van der Waals surface area contributed by atoms with Crippen LogP contribution in [0.25, 0.3) is 22.3 Å². The number of rotatable bonds is 9. The molecule has 236 valence electrons. The van der Waals surface area contributed by atoms with Crippen LogP contribution in [0.2, 0.25) is 0 Å². The van der Waals surface area contributed by atoms with Gasteiger partial charge in [-0.15, -0.1) is 0 Å². The second-order valence-electron chi connectivity index (χ2n) is 12.0. The molecule has 0 aliphatic heterocycles. The smallest absolute Gasteiger partial charge is 0.129 e. The van der Waals surface area contributed by atoms with Crippen LogP contribution in [0.1, 0.15) is 35.1 Å². The third-order valence-corrected chi connectivity index (χ3v) is 8.97. The normalized spacial score (nSPS) is 14.4. The van der Waals surface area contributed by atoms with Crippen LogP contribution in [0.15, 0.2) is 170 Å². The van der Waals surface area contributed by atoms with E-state index in [-0.39, 0.29) is 12.0 Å². The maximum atomic E-state index is 11.6. The Morgan fingerprint density at radius 2 is 1.35 bits per heavy atom. The van der Waals surface area contributed by atoms with Crippen LogP contribution in [0, 0.1) is 0 Å². The Balaban J connectivity index is 1.20. The first-order valence-corrected chi connectivity index (χ1v) is 16.2. The molecule has 0 radical (unpaired) electrons. The quantitative estimate of drug-likeness (QED) is 0.0729. The van der Waals surface area contributed by atoms with Gasteiger partial charge >= 0.3 is 0 Å². The highest BCUT2D eigenvalue weighted by molar-refractivity contribution is 5.80. The van der Waals surface area contributed by atoms with Crippen molar-refractivity contribution in [2.45, 2.75) is 18.4 Å². The summed E-state index contributed by atoms with van der Waals surface area (Å²) in [5, 5.41) is 17.0. The highest BCUT2D eigenvalue weighted by Gasteiger charge is 2.23. The lowest BCUT2D eigenvalue weighted by atomic mass is 9.87. The van der Waals surface area contributed by atoms with Gasteiger partial charge < -0.3 is 16.2 Å². The molecular weight excluding hydrogens is 589 g/mol. The van der Waals surface area contributed by atoms with Gasteiger partial charge in [0.05, 0.1) is 11.7 Å². The number of nitrogens with zero attached hydrogens (tertiary/aromatic N) is 1. The summed E-state index contributed by atoms with van der Waals surface area (Å²) in [7, 11) is 0. The summed E-state index contributed by atoms with van der Waals surface area (Å²) in [4.78, 5) is 0. The number of anilines is 4. The topological polar surface area (TPSA) is 87.5 Å². The molecule has 5 nitrogen and oxygen atoms in total. The number of hydrogen-bond donors (Lipinski definition) is 4. The van der Waals surface area contributed by atoms with Gasteiger partial charge in [-0.2, -0.15) is 0 Å². The minimum Gasteiger partial charge on any atom is -0.507 e. The highest BCUT2D eigenvalue weighted by atomic mass is 16.3. The number of nitrogen functional groups attached to an aromatic ring is 1. The standard InChI is InChI=1S/C43H38N4O/c44-39-22-11-10-21-37(39)33-19-12-20-34(29-33)42(32-17-8-3-9-18-32)47(45)36-25-23-35(24-26-36)46-40-28-27-38(30-13-4-1-5-14-30)43(48)41(40)31-15-6-2-7-16-31/h1-15,17-29,31,42,46,48H,16,44-45H2. The van der Waals surface area contributed by atoms with E-state index in [1.807, 2.05) is 114 Å². The Morgan fingerprint density at radius 3 is 2.08 bits per heavy atom. The molecule has 0 bridgehead atoms. The lowest BCUT2D eigenvalue weighted by Gasteiger charge is -2.31. The highest BCUT2D eigenvalue weighted by Crippen LogP contribution is 2.44. The van der Waals surface area contributed by atoms with Crippen molar-refractivity contribution in [3.8, 4) is 28.0 Å². The minimum atomic E-state index is -0.241. The molecule has 5 heteroatoms. The maximum absolute atomic E-state index is 11.6. The van der Waals surface area contributed by atoms with Crippen LogP contribution in [0.3, 0.4) is 0 Å². The summed E-state index contributed by atoms with van der Waals surface area (Å²) in [6.07, 6.45) is 9.20. The number of aromatic hydroxyl groups is 1. The van der Waals surface area contributed by atoms with Gasteiger partial charge in [-0.3, -0.25) is 5.01 Å². The van der Waals surface area contributed by atoms with Crippen LogP contribution in [0.5, 0.6) is 5.75 Å². The fourth-order valence-electron chi connectivity index (χ4n) is 6.54. The summed E-state index contributed by atoms with van der Waals surface area (Å²) >= 11 is 0. The molecule has 0 amide bonds. The molecule has 0 saturated heterocycles. The van der Waals surface area contributed by atoms with Crippen molar-refractivity contribution < 1.29 is 5.11 Å². The molecule has 6 N–H and O–H groups in total. The Morgan fingerprint density at radius 1 is 0.667 bits per heavy atom. The average Bonchev–Trinajstić information content (AvgIpc) is 3.14. The van der Waals surface area contributed by atoms with Crippen LogP contribution >= 0.6 is 0 Å². The molecule has 0 aromatic heterocycles. The SMILES string of the molecule is Nc1ccccc1-c1cccc(C(c2ccccc2)N(N)c2ccc(Nc3ccc(-c4ccccc4)c(O)c3C3C=CC=CC3)cc2)c1. The molecule has 7 rings (SSSR count). The van der Waals surface area contributed by atoms with Gasteiger partial charge in [0.1, 0.15) is 5.75 Å². The molecule has 48 heavy (non-hydrogen) atoms. The Hall–Kier alpha value is -6.04. The zero-order valence-electron chi connectivity index (χ0n) is 26.6. The molecule has 6 aromatic carbocycles. The summed E-state index contributed by atoms with van der Waals surface area (Å²) in [5.41, 5.74) is 16.6. The van der Waals surface area contributed by atoms with Crippen LogP contribution in [-0.4, -0.2) is 5.11 Å². The predicted molar refractivity (Wildman–Crippen MR) is 200 cm³/mol. The number of para-hydroxylation sites is 1. The fourth-order valence-corrected chi connectivity index (χ4v) is 6.54. The number of nitrogens with one attached hydrogen (secondary N) is 1. The molecule has 0 saturated carbocycles. The summed E-state index contributed by atoms with van der Waals surface area (Å²) in [6, 6.07) is 48.5. The second-order valence-corrected chi connectivity index (χ2v) is 12.0. The maximum Gasteiger partial charge on any atom is 0.129 e. The molecule has 0 fully saturated rings. The monoisotopic (exact) mass is 626 g/mol. The first-order chi connectivity index (χ1) is 23.6. The molecular formula is C43H38N4O. The number of nitrogens with two attached hydrogens (primary N) is 2. The molecule has 0 heterocycles. The van der Waals surface area contributed by atoms with Crippen molar-refractivity contribution in [1.82, 2.24) is 0 Å². The first-order valence-electron chi connectivity index (χ1n) is 16.2. The molecule has 1 aliphatic rings. The van der Waals surface area contributed by atoms with Gasteiger partial charge in [0, 0.05) is 39.7 Å². The van der Waals surface area contributed by atoms with Crippen LogP contribution in [0.4, 0.5) is 22.7 Å². The zero-order valence-corrected chi connectivity index (χ0v) is 26.6. The molecule has 1 aliphatic carbocycles. The number of allylic oxidation sites excluding steroid dienone is 4. The van der Waals surface area contributed by atoms with Crippen LogP contribution in [-0.2, 0) is 0 Å². The third-order valence-electron chi connectivity index (χ3n) is 8.97. The van der Waals surface area contributed by atoms with E-state index in [1.54, 1.807) is 0 Å². The Bertz CT molecular complexity index is 2070. The van der Waals surface area contributed by atoms with Gasteiger partial charge in [0.15, 0.2) is 0 Å². The van der Waals surface area contributed by atoms with Crippen molar-refractivity contribution >= 4 is 22.7 Å². The zero-order chi connectivity index (χ0) is 32.9. The van der Waals surface area contributed by atoms with E-state index in [0.29, 0.717) is 5.75 Å². The summed E-state index contributed by atoms with van der Waals surface area (Å²) in [5.74, 6) is 7.33. The van der Waals surface area contributed by atoms with Crippen LogP contribution < -0.4 is 21.9 Å². The van der Waals surface area contributed by atoms with Gasteiger partial charge in [-0.05, 0) is 77.2 Å². The largest absolute Gasteiger partial charge is 0.507 e. The lowest BCUT2D eigenvalue weighted by molar-refractivity contribution is 0.468. The van der Waals surface area contributed by atoms with Crippen molar-refractivity contribution in [3.05, 3.63) is 187 Å². The summed E-state index contributed by atoms with van der Waals surface area (Å²) < 4.78 is 0. The number of hydrazine groups is 1. The minimum absolute atomic E-state index is 0.0496. The van der Waals surface area contributed by atoms with Crippen molar-refractivity contribution in [1.29, 1.82) is 0 Å². The predicted octanol–water partition coefficient (Wildman–Crippen LogP) is 10.1. The first kappa shape index (κ1) is 30.6. The molecule has 2 atom stereocenters. The van der Waals surface area contributed by atoms with E-state index in [9.17, 15) is 5.11 Å². The van der Waals surface area contributed by atoms with E-state index in [4.69, 9.17) is 11.6 Å². The van der Waals surface area contributed by atoms with Gasteiger partial charge in [0.2, 0.25) is 0 Å². The van der Waals surface area contributed by atoms with Gasteiger partial charge in [-0.1, -0.05) is 121 Å². The number of hydrogen-bond acceptors (Lipinski definition) is 5. The summed E-state index contributed by atoms with van der Waals surface area (Å²) in [6.45, 7) is 0. The van der Waals surface area contributed by atoms with E-state index in [2.05, 4.69) is 66.0 Å². The fraction of sp³-hybridized carbons (Fsp3) is 0.0698. The van der Waals surface area contributed by atoms with Gasteiger partial charge in [0.25, 0.3) is 0 Å².